The third kappa shape index (κ3) is 3.53. The predicted molar refractivity (Wildman–Crippen MR) is 156 cm³/mol. The zero-order valence-corrected chi connectivity index (χ0v) is 22.2. The Morgan fingerprint density at radius 1 is 0.317 bits per heavy atom. The van der Waals surface area contributed by atoms with Gasteiger partial charge in [-0.3, -0.25) is 0 Å². The van der Waals surface area contributed by atoms with Crippen LogP contribution in [0.3, 0.4) is 0 Å². The fourth-order valence-corrected chi connectivity index (χ4v) is 5.59. The van der Waals surface area contributed by atoms with E-state index in [1.165, 1.54) is 0 Å². The summed E-state index contributed by atoms with van der Waals surface area (Å²) in [7, 11) is 0. The van der Waals surface area contributed by atoms with E-state index in [0.29, 0.717) is 45.9 Å². The molecule has 8 bridgehead atoms. The molecule has 0 amide bonds. The number of nitrogens with one attached hydrogen (secondary N) is 2. The Balaban J connectivity index is 0.00000256. The van der Waals surface area contributed by atoms with Gasteiger partial charge in [0.15, 0.2) is 23.3 Å². The van der Waals surface area contributed by atoms with Crippen LogP contribution in [0.1, 0.15) is 0 Å². The smallest absolute Gasteiger partial charge is 0.164 e. The van der Waals surface area contributed by atoms with Crippen LogP contribution in [-0.2, 0) is 16.5 Å². The number of rotatable bonds is 0. The Hall–Kier alpha value is -5.27. The van der Waals surface area contributed by atoms with Gasteiger partial charge < -0.3 is 9.97 Å². The summed E-state index contributed by atoms with van der Waals surface area (Å²) in [5, 5.41) is 3.82. The molecule has 0 spiro atoms. The number of aromatic nitrogens is 8. The van der Waals surface area contributed by atoms with Crippen molar-refractivity contribution in [1.29, 1.82) is 0 Å². The summed E-state index contributed by atoms with van der Waals surface area (Å²) in [5.41, 5.74) is 6.45. The van der Waals surface area contributed by atoms with Crippen molar-refractivity contribution in [3.05, 3.63) is 97.1 Å². The maximum atomic E-state index is 5.02. The van der Waals surface area contributed by atoms with E-state index >= 15 is 0 Å². The van der Waals surface area contributed by atoms with Gasteiger partial charge in [0.25, 0.3) is 0 Å². The fourth-order valence-electron chi connectivity index (χ4n) is 5.59. The Morgan fingerprint density at radius 3 is 0.829 bits per heavy atom. The second-order valence-electron chi connectivity index (χ2n) is 9.79. The molecule has 8 nitrogen and oxygen atoms in total. The number of hydrogen-bond acceptors (Lipinski definition) is 6. The number of H-pyrrole nitrogens is 2. The minimum Gasteiger partial charge on any atom is -0.324 e. The van der Waals surface area contributed by atoms with Gasteiger partial charge in [-0.25, -0.2) is 29.9 Å². The van der Waals surface area contributed by atoms with Gasteiger partial charge in [-0.2, -0.15) is 0 Å². The molecule has 7 aromatic rings. The summed E-state index contributed by atoms with van der Waals surface area (Å²) in [6.07, 6.45) is 0. The zero-order chi connectivity index (χ0) is 26.2. The summed E-state index contributed by atoms with van der Waals surface area (Å²) in [6.45, 7) is 0. The number of aromatic amines is 2. The molecule has 2 aliphatic rings. The molecule has 2 N–H and O–H groups in total. The molecule has 0 aliphatic carbocycles. The predicted octanol–water partition coefficient (Wildman–Crippen LogP) is 6.87. The molecule has 4 aromatic carbocycles. The molecular formula is C32H18N8Ni. The average Bonchev–Trinajstić information content (AvgIpc) is 3.73. The largest absolute Gasteiger partial charge is 0.324 e. The van der Waals surface area contributed by atoms with Crippen molar-refractivity contribution in [2.45, 2.75) is 0 Å². The van der Waals surface area contributed by atoms with Crippen molar-refractivity contribution in [1.82, 2.24) is 39.9 Å². The molecule has 0 fully saturated rings. The van der Waals surface area contributed by atoms with E-state index in [1.54, 1.807) is 0 Å². The summed E-state index contributed by atoms with van der Waals surface area (Å²) >= 11 is 0. The van der Waals surface area contributed by atoms with E-state index in [0.717, 1.165) is 43.8 Å². The van der Waals surface area contributed by atoms with Crippen molar-refractivity contribution in [3.8, 4) is 45.6 Å². The van der Waals surface area contributed by atoms with Crippen LogP contribution in [0.4, 0.5) is 0 Å². The Morgan fingerprint density at radius 2 is 0.561 bits per heavy atom. The van der Waals surface area contributed by atoms with Crippen LogP contribution in [-0.4, -0.2) is 39.9 Å². The van der Waals surface area contributed by atoms with Crippen molar-refractivity contribution in [2.24, 2.45) is 0 Å². The topological polar surface area (TPSA) is 109 Å². The van der Waals surface area contributed by atoms with Gasteiger partial charge in [0.05, 0.1) is 0 Å². The Kier molecular flexibility index (Phi) is 5.11. The summed E-state index contributed by atoms with van der Waals surface area (Å²) < 4.78 is 0. The molecule has 0 radical (unpaired) electrons. The molecule has 0 atom stereocenters. The maximum absolute atomic E-state index is 5.02. The van der Waals surface area contributed by atoms with Gasteiger partial charge in [-0.05, 0) is 0 Å². The molecule has 196 valence electrons. The van der Waals surface area contributed by atoms with Gasteiger partial charge in [0.1, 0.15) is 22.6 Å². The molecule has 3 aromatic heterocycles. The first-order valence-electron chi connectivity index (χ1n) is 13.0. The minimum absolute atomic E-state index is 0. The van der Waals surface area contributed by atoms with Crippen LogP contribution in [0.15, 0.2) is 97.1 Å². The summed E-state index contributed by atoms with van der Waals surface area (Å²) in [4.78, 5) is 36.8. The molecule has 41 heavy (non-hydrogen) atoms. The molecule has 0 unspecified atom stereocenters. The molecule has 5 heterocycles. The SMILES string of the molecule is [Ni].c1ccc2c(c1)-c1nc-2nc2[nH]c(nc3nc(nc4[nH]c(n1)c1ccccc41)-c1ccccc1-3)c1ccccc21. The van der Waals surface area contributed by atoms with Crippen molar-refractivity contribution in [2.75, 3.05) is 0 Å². The molecule has 0 saturated carbocycles. The van der Waals surface area contributed by atoms with E-state index in [-0.39, 0.29) is 16.5 Å². The molecular weight excluding hydrogens is 555 g/mol. The Labute approximate surface area is 242 Å². The van der Waals surface area contributed by atoms with Gasteiger partial charge in [0.2, 0.25) is 0 Å². The van der Waals surface area contributed by atoms with E-state index in [1.807, 2.05) is 97.1 Å². The van der Waals surface area contributed by atoms with Crippen LogP contribution in [0.25, 0.3) is 89.7 Å². The minimum atomic E-state index is 0. The van der Waals surface area contributed by atoms with Crippen LogP contribution >= 0.6 is 0 Å². The Bertz CT molecular complexity index is 2030. The monoisotopic (exact) mass is 572 g/mol. The first-order valence-corrected chi connectivity index (χ1v) is 13.0. The van der Waals surface area contributed by atoms with E-state index in [9.17, 15) is 0 Å². The standard InChI is InChI=1S/C32H18N8.Ni/c1-2-10-18-17(9-1)25-33-26(18)38-28-21-13-5-6-14-22(21)30(35-28)40-32-24-16-8-7-15-23(24)31(36-32)39-29-20-12-4-3-11-19(20)27(34-29)37-25;/h1-16H,(H2,33,34,35,36,37,38,39,40);. The van der Waals surface area contributed by atoms with Crippen LogP contribution < -0.4 is 0 Å². The second-order valence-corrected chi connectivity index (χ2v) is 9.79. The maximum Gasteiger partial charge on any atom is 0.164 e. The zero-order valence-electron chi connectivity index (χ0n) is 21.2. The van der Waals surface area contributed by atoms with Gasteiger partial charge in [-0.1, -0.05) is 97.1 Å². The first kappa shape index (κ1) is 23.6. The van der Waals surface area contributed by atoms with Gasteiger partial charge in [-0.15, -0.1) is 0 Å². The number of nitrogens with zero attached hydrogens (tertiary/aromatic N) is 6. The first-order chi connectivity index (χ1) is 19.8. The van der Waals surface area contributed by atoms with Crippen molar-refractivity contribution in [3.63, 3.8) is 0 Å². The van der Waals surface area contributed by atoms with Crippen LogP contribution in [0.2, 0.25) is 0 Å². The van der Waals surface area contributed by atoms with E-state index < -0.39 is 0 Å². The van der Waals surface area contributed by atoms with Crippen molar-refractivity contribution >= 4 is 44.1 Å². The normalized spacial score (nSPS) is 11.7. The molecule has 9 rings (SSSR count). The van der Waals surface area contributed by atoms with Gasteiger partial charge in [0, 0.05) is 60.3 Å². The fraction of sp³-hybridized carbons (Fsp3) is 0. The van der Waals surface area contributed by atoms with Crippen LogP contribution in [0.5, 0.6) is 0 Å². The second kappa shape index (κ2) is 8.88. The van der Waals surface area contributed by atoms with E-state index in [4.69, 9.17) is 29.9 Å². The van der Waals surface area contributed by atoms with Crippen molar-refractivity contribution < 1.29 is 16.5 Å². The van der Waals surface area contributed by atoms with Crippen LogP contribution in [0, 0.1) is 0 Å². The third-order valence-corrected chi connectivity index (χ3v) is 7.46. The number of hydrogen-bond donors (Lipinski definition) is 2. The number of fused-ring (bicyclic) bond motifs is 20. The quantitative estimate of drug-likeness (QED) is 0.192. The van der Waals surface area contributed by atoms with E-state index in [2.05, 4.69) is 9.97 Å². The third-order valence-electron chi connectivity index (χ3n) is 7.46. The van der Waals surface area contributed by atoms with Gasteiger partial charge >= 0.3 is 0 Å². The average molecular weight is 573 g/mol. The summed E-state index contributed by atoms with van der Waals surface area (Å²) in [5.74, 6) is 2.39. The molecule has 9 heteroatoms. The molecule has 2 aliphatic heterocycles. The summed E-state index contributed by atoms with van der Waals surface area (Å²) in [6, 6.07) is 32.2. The number of benzene rings is 4. The molecule has 0 saturated heterocycles.